The Bertz CT molecular complexity index is 1090. The lowest BCUT2D eigenvalue weighted by Gasteiger charge is -2.21. The number of nitrogens with zero attached hydrogens (tertiary/aromatic N) is 3. The van der Waals surface area contributed by atoms with Crippen LogP contribution in [0, 0.1) is 6.92 Å². The van der Waals surface area contributed by atoms with Gasteiger partial charge >= 0.3 is 0 Å². The summed E-state index contributed by atoms with van der Waals surface area (Å²) in [5.74, 6) is 0.534. The maximum Gasteiger partial charge on any atom is 0.240 e. The molecule has 0 saturated carbocycles. The van der Waals surface area contributed by atoms with E-state index >= 15 is 0 Å². The Morgan fingerprint density at radius 3 is 2.64 bits per heavy atom. The molecule has 1 amide bonds. The highest BCUT2D eigenvalue weighted by Gasteiger charge is 2.33. The predicted octanol–water partition coefficient (Wildman–Crippen LogP) is 4.90. The number of ether oxygens (including phenoxy) is 1. The van der Waals surface area contributed by atoms with E-state index in [0.29, 0.717) is 22.8 Å². The molecule has 6 heteroatoms. The number of hydrogen-bond donors (Lipinski definition) is 0. The number of rotatable bonds is 3. The number of aromatic nitrogens is 1. The summed E-state index contributed by atoms with van der Waals surface area (Å²) in [6.45, 7) is 3.56. The van der Waals surface area contributed by atoms with Crippen LogP contribution in [0.1, 0.15) is 36.1 Å². The van der Waals surface area contributed by atoms with E-state index in [0.717, 1.165) is 22.2 Å². The number of carbonyl (C=O) groups excluding carboxylic acids is 1. The molecule has 0 spiro atoms. The number of carbonyl (C=O) groups is 1. The van der Waals surface area contributed by atoms with E-state index in [9.17, 15) is 4.79 Å². The van der Waals surface area contributed by atoms with Gasteiger partial charge in [0.15, 0.2) is 0 Å². The molecule has 1 aromatic heterocycles. The third-order valence-electron chi connectivity index (χ3n) is 4.99. The highest BCUT2D eigenvalue weighted by Crippen LogP contribution is 2.38. The first kappa shape index (κ1) is 18.4. The van der Waals surface area contributed by atoms with Gasteiger partial charge < -0.3 is 4.74 Å². The molecule has 28 heavy (non-hydrogen) atoms. The van der Waals surface area contributed by atoms with Crippen LogP contribution < -0.4 is 4.74 Å². The molecular formula is C22H20ClN3O2. The van der Waals surface area contributed by atoms with E-state index in [2.05, 4.69) is 10.1 Å². The van der Waals surface area contributed by atoms with Crippen molar-refractivity contribution in [1.82, 2.24) is 9.99 Å². The van der Waals surface area contributed by atoms with Crippen LogP contribution in [0.3, 0.4) is 0 Å². The molecule has 142 valence electrons. The monoisotopic (exact) mass is 393 g/mol. The average Bonchev–Trinajstić information content (AvgIpc) is 3.13. The summed E-state index contributed by atoms with van der Waals surface area (Å²) in [6, 6.07) is 15.5. The Morgan fingerprint density at radius 2 is 1.96 bits per heavy atom. The van der Waals surface area contributed by atoms with Gasteiger partial charge in [-0.2, -0.15) is 5.10 Å². The second-order valence-electron chi connectivity index (χ2n) is 6.90. The summed E-state index contributed by atoms with van der Waals surface area (Å²) in [5, 5.41) is 7.36. The Kier molecular flexibility index (Phi) is 4.77. The number of para-hydroxylation sites is 1. The maximum absolute atomic E-state index is 12.3. The highest BCUT2D eigenvalue weighted by atomic mass is 35.5. The number of pyridine rings is 1. The zero-order valence-corrected chi connectivity index (χ0v) is 16.7. The summed E-state index contributed by atoms with van der Waals surface area (Å²) in [4.78, 5) is 16.8. The van der Waals surface area contributed by atoms with Crippen molar-refractivity contribution >= 4 is 34.1 Å². The minimum Gasteiger partial charge on any atom is -0.494 e. The molecular weight excluding hydrogens is 374 g/mol. The largest absolute Gasteiger partial charge is 0.494 e. The minimum absolute atomic E-state index is 0.131. The van der Waals surface area contributed by atoms with E-state index in [-0.39, 0.29) is 11.9 Å². The third-order valence-corrected chi connectivity index (χ3v) is 5.29. The van der Waals surface area contributed by atoms with Gasteiger partial charge in [0.05, 0.1) is 18.9 Å². The van der Waals surface area contributed by atoms with Gasteiger partial charge in [-0.1, -0.05) is 53.6 Å². The van der Waals surface area contributed by atoms with Gasteiger partial charge in [-0.15, -0.1) is 0 Å². The number of amides is 1. The van der Waals surface area contributed by atoms with Crippen molar-refractivity contribution in [2.24, 2.45) is 5.10 Å². The van der Waals surface area contributed by atoms with E-state index in [4.69, 9.17) is 16.3 Å². The van der Waals surface area contributed by atoms with Crippen molar-refractivity contribution in [2.75, 3.05) is 7.11 Å². The van der Waals surface area contributed by atoms with Gasteiger partial charge in [-0.25, -0.2) is 9.99 Å². The van der Waals surface area contributed by atoms with E-state index in [1.807, 2.05) is 55.5 Å². The predicted molar refractivity (Wildman–Crippen MR) is 111 cm³/mol. The zero-order chi connectivity index (χ0) is 19.8. The second-order valence-corrected chi connectivity index (χ2v) is 7.25. The SMILES string of the molecule is COc1cccc2cc([C@@H]3CC(c4ccc(C)cc4)=NN3C(C)=O)c(Cl)nc12. The first-order chi connectivity index (χ1) is 13.5. The molecule has 0 N–H and O–H groups in total. The van der Waals surface area contributed by atoms with Crippen LogP contribution in [0.4, 0.5) is 0 Å². The fourth-order valence-electron chi connectivity index (χ4n) is 3.53. The fraction of sp³-hybridized carbons (Fsp3) is 0.227. The maximum atomic E-state index is 12.3. The lowest BCUT2D eigenvalue weighted by Crippen LogP contribution is -2.24. The third kappa shape index (κ3) is 3.22. The molecule has 2 aromatic carbocycles. The van der Waals surface area contributed by atoms with Crippen LogP contribution in [-0.2, 0) is 4.79 Å². The van der Waals surface area contributed by atoms with Crippen LogP contribution >= 0.6 is 11.6 Å². The number of benzene rings is 2. The topological polar surface area (TPSA) is 54.8 Å². The number of halogens is 1. The summed E-state index contributed by atoms with van der Waals surface area (Å²) < 4.78 is 5.38. The van der Waals surface area contributed by atoms with Crippen molar-refractivity contribution in [3.05, 3.63) is 70.4 Å². The molecule has 0 radical (unpaired) electrons. The first-order valence-corrected chi connectivity index (χ1v) is 9.43. The molecule has 1 atom stereocenters. The van der Waals surface area contributed by atoms with Crippen LogP contribution in [0.25, 0.3) is 10.9 Å². The van der Waals surface area contributed by atoms with Gasteiger partial charge in [0.25, 0.3) is 0 Å². The van der Waals surface area contributed by atoms with Gasteiger partial charge in [-0.3, -0.25) is 4.79 Å². The van der Waals surface area contributed by atoms with Crippen LogP contribution in [0.2, 0.25) is 5.15 Å². The van der Waals surface area contributed by atoms with Gasteiger partial charge in [0, 0.05) is 24.3 Å². The van der Waals surface area contributed by atoms with Crippen molar-refractivity contribution < 1.29 is 9.53 Å². The van der Waals surface area contributed by atoms with E-state index in [1.165, 1.54) is 17.5 Å². The summed E-state index contributed by atoms with van der Waals surface area (Å²) in [5.41, 5.74) is 4.53. The number of aryl methyl sites for hydroxylation is 1. The van der Waals surface area contributed by atoms with Crippen LogP contribution in [-0.4, -0.2) is 28.7 Å². The van der Waals surface area contributed by atoms with Crippen LogP contribution in [0.15, 0.2) is 53.6 Å². The fourth-order valence-corrected chi connectivity index (χ4v) is 3.79. The lowest BCUT2D eigenvalue weighted by molar-refractivity contribution is -0.130. The summed E-state index contributed by atoms with van der Waals surface area (Å²) >= 11 is 6.54. The molecule has 2 heterocycles. The van der Waals surface area contributed by atoms with E-state index in [1.54, 1.807) is 7.11 Å². The molecule has 0 bridgehead atoms. The molecule has 0 unspecified atom stereocenters. The number of hydrazone groups is 1. The van der Waals surface area contributed by atoms with E-state index < -0.39 is 0 Å². The van der Waals surface area contributed by atoms with Gasteiger partial charge in [-0.05, 0) is 24.6 Å². The van der Waals surface area contributed by atoms with Crippen molar-refractivity contribution in [1.29, 1.82) is 0 Å². The van der Waals surface area contributed by atoms with Gasteiger partial charge in [0.2, 0.25) is 5.91 Å². The number of fused-ring (bicyclic) bond motifs is 1. The van der Waals surface area contributed by atoms with Crippen molar-refractivity contribution in [2.45, 2.75) is 26.3 Å². The highest BCUT2D eigenvalue weighted by molar-refractivity contribution is 6.30. The molecule has 4 rings (SSSR count). The van der Waals surface area contributed by atoms with Crippen LogP contribution in [0.5, 0.6) is 5.75 Å². The molecule has 0 aliphatic carbocycles. The zero-order valence-electron chi connectivity index (χ0n) is 15.9. The Balaban J connectivity index is 1.77. The van der Waals surface area contributed by atoms with Crippen molar-refractivity contribution in [3.63, 3.8) is 0 Å². The molecule has 5 nitrogen and oxygen atoms in total. The summed E-state index contributed by atoms with van der Waals surface area (Å²) in [7, 11) is 1.61. The molecule has 1 aliphatic heterocycles. The molecule has 0 fully saturated rings. The standard InChI is InChI=1S/C22H20ClN3O2/c1-13-7-9-15(10-8-13)18-12-19(26(25-18)14(2)27)17-11-16-5-4-6-20(28-3)21(16)24-22(17)23/h4-11,19H,12H2,1-3H3/t19-/m0/s1. The van der Waals surface area contributed by atoms with Crippen molar-refractivity contribution in [3.8, 4) is 5.75 Å². The Morgan fingerprint density at radius 1 is 1.21 bits per heavy atom. The van der Waals surface area contributed by atoms with Gasteiger partial charge in [0.1, 0.15) is 16.4 Å². The smallest absolute Gasteiger partial charge is 0.240 e. The first-order valence-electron chi connectivity index (χ1n) is 9.05. The Labute approximate surface area is 168 Å². The summed E-state index contributed by atoms with van der Waals surface area (Å²) in [6.07, 6.45) is 0.583. The molecule has 3 aromatic rings. The molecule has 1 aliphatic rings. The average molecular weight is 394 g/mol. The lowest BCUT2D eigenvalue weighted by atomic mass is 9.98. The quantitative estimate of drug-likeness (QED) is 0.594. The normalized spacial score (nSPS) is 16.4. The minimum atomic E-state index is -0.288. The molecule has 0 saturated heterocycles. The Hall–Kier alpha value is -2.92. The second kappa shape index (κ2) is 7.24. The number of methoxy groups -OCH3 is 1. The number of hydrogen-bond acceptors (Lipinski definition) is 4.